The van der Waals surface area contributed by atoms with E-state index in [2.05, 4.69) is 4.98 Å². The molecule has 40 heavy (non-hydrogen) atoms. The number of H-pyrrole nitrogens is 1. The van der Waals surface area contributed by atoms with E-state index in [-0.39, 0.29) is 59.0 Å². The summed E-state index contributed by atoms with van der Waals surface area (Å²) in [4.78, 5) is 26.8. The maximum Gasteiger partial charge on any atom is 0.426 e. The number of benzene rings is 2. The lowest BCUT2D eigenvalue weighted by atomic mass is 9.71. The third-order valence-corrected chi connectivity index (χ3v) is 11.2. The number of fused-ring (bicyclic) bond motifs is 3. The van der Waals surface area contributed by atoms with Gasteiger partial charge in [0.25, 0.3) is 0 Å². The van der Waals surface area contributed by atoms with Gasteiger partial charge in [0.15, 0.2) is 15.6 Å². The van der Waals surface area contributed by atoms with Gasteiger partial charge in [0.1, 0.15) is 10.6 Å². The number of pyridine rings is 1. The zero-order chi connectivity index (χ0) is 29.1. The first-order chi connectivity index (χ1) is 18.7. The van der Waals surface area contributed by atoms with Crippen molar-refractivity contribution in [2.24, 2.45) is 11.8 Å². The minimum Gasteiger partial charge on any atom is -0.328 e. The lowest BCUT2D eigenvalue weighted by molar-refractivity contribution is -0.228. The second-order valence-electron chi connectivity index (χ2n) is 10.7. The first-order valence-corrected chi connectivity index (χ1v) is 14.3. The van der Waals surface area contributed by atoms with Crippen molar-refractivity contribution in [3.8, 4) is 0 Å². The zero-order valence-corrected chi connectivity index (χ0v) is 22.2. The third-order valence-electron chi connectivity index (χ3n) is 8.57. The van der Waals surface area contributed by atoms with Crippen molar-refractivity contribution in [2.75, 3.05) is 0 Å². The molecule has 0 spiro atoms. The molecule has 1 saturated carbocycles. The molecule has 1 heterocycles. The van der Waals surface area contributed by atoms with Crippen molar-refractivity contribution >= 4 is 15.6 Å². The number of aromatic amines is 1. The van der Waals surface area contributed by atoms with Crippen LogP contribution in [0.25, 0.3) is 0 Å². The van der Waals surface area contributed by atoms with Crippen molar-refractivity contribution in [1.29, 1.82) is 0 Å². The number of sulfone groups is 1. The van der Waals surface area contributed by atoms with E-state index in [1.807, 2.05) is 0 Å². The van der Waals surface area contributed by atoms with Crippen LogP contribution in [0.3, 0.4) is 0 Å². The van der Waals surface area contributed by atoms with Gasteiger partial charge in [-0.05, 0) is 91.5 Å². The number of carbonyl (C=O) groups is 1. The van der Waals surface area contributed by atoms with E-state index in [0.29, 0.717) is 18.9 Å². The Hall–Kier alpha value is -3.34. The number of nitrogens with one attached hydrogen (secondary N) is 1. The molecule has 5 nitrogen and oxygen atoms in total. The van der Waals surface area contributed by atoms with Gasteiger partial charge in [-0.2, -0.15) is 13.2 Å². The van der Waals surface area contributed by atoms with Crippen molar-refractivity contribution in [2.45, 2.75) is 60.5 Å². The van der Waals surface area contributed by atoms with E-state index in [9.17, 15) is 40.0 Å². The van der Waals surface area contributed by atoms with Crippen molar-refractivity contribution in [1.82, 2.24) is 4.98 Å². The Labute approximate surface area is 227 Å². The number of ketones is 1. The van der Waals surface area contributed by atoms with Gasteiger partial charge in [-0.3, -0.25) is 9.59 Å². The highest BCUT2D eigenvalue weighted by Crippen LogP contribution is 2.60. The fraction of sp³-hybridized carbons (Fsp3) is 0.379. The summed E-state index contributed by atoms with van der Waals surface area (Å²) in [6.07, 6.45) is -3.00. The summed E-state index contributed by atoms with van der Waals surface area (Å²) < 4.78 is 96.0. The molecule has 5 rings (SSSR count). The Morgan fingerprint density at radius 3 is 2.35 bits per heavy atom. The van der Waals surface area contributed by atoms with E-state index in [1.54, 1.807) is 0 Å². The number of carbonyl (C=O) groups excluding carboxylic acids is 1. The molecule has 1 unspecified atom stereocenters. The van der Waals surface area contributed by atoms with Crippen molar-refractivity contribution in [3.63, 3.8) is 0 Å². The van der Waals surface area contributed by atoms with E-state index in [0.717, 1.165) is 36.4 Å². The molecule has 0 bridgehead atoms. The van der Waals surface area contributed by atoms with Crippen LogP contribution < -0.4 is 5.56 Å². The van der Waals surface area contributed by atoms with Crippen LogP contribution >= 0.6 is 0 Å². The second kappa shape index (κ2) is 9.64. The number of aryl methyl sites for hydroxylation is 1. The molecule has 11 heteroatoms. The minimum absolute atomic E-state index is 0.00143. The smallest absolute Gasteiger partial charge is 0.328 e. The van der Waals surface area contributed by atoms with E-state index >= 15 is 0 Å². The Balaban J connectivity index is 1.62. The predicted molar refractivity (Wildman–Crippen MR) is 137 cm³/mol. The molecule has 0 amide bonds. The highest BCUT2D eigenvalue weighted by atomic mass is 32.2. The Bertz CT molecular complexity index is 1610. The molecule has 3 aromatic rings. The second-order valence-corrected chi connectivity index (χ2v) is 12.9. The first-order valence-electron chi connectivity index (χ1n) is 12.8. The van der Waals surface area contributed by atoms with Crippen LogP contribution in [0.4, 0.5) is 22.0 Å². The quantitative estimate of drug-likeness (QED) is 0.215. The standard InChI is InChI=1S/C29H26F5NO4S/c1-27(31,29(32,33)34)20-4-10-24-17(14-20)2-9-23-18(15-25(36)19-3-11-26(37)35-16-19)12-13-28(23,24)40(38,39)22-7-5-21(30)6-8-22/h3-8,10-11,14,16,18,23H,2,9,12-13,15H2,1H3,(H,35,37)/t18-,23-,27?,28-/m0/s1. The molecule has 0 saturated heterocycles. The van der Waals surface area contributed by atoms with Gasteiger partial charge in [0.05, 0.1) is 4.90 Å². The van der Waals surface area contributed by atoms with Crippen LogP contribution in [0, 0.1) is 17.7 Å². The number of rotatable bonds is 6. The van der Waals surface area contributed by atoms with Crippen LogP contribution in [0.15, 0.2) is 70.5 Å². The SMILES string of the molecule is CC(F)(c1ccc2c(c1)CC[C@H]1[C@H](CC(=O)c3ccc(=O)[nH]c3)CC[C@@]21S(=O)(=O)c1ccc(F)cc1)C(F)(F)F. The molecule has 0 radical (unpaired) electrons. The summed E-state index contributed by atoms with van der Waals surface area (Å²) in [6.45, 7) is 0.430. The van der Waals surface area contributed by atoms with Gasteiger partial charge in [0, 0.05) is 24.2 Å². The molecule has 1 fully saturated rings. The van der Waals surface area contributed by atoms with Crippen LogP contribution in [0.5, 0.6) is 0 Å². The zero-order valence-electron chi connectivity index (χ0n) is 21.4. The van der Waals surface area contributed by atoms with Gasteiger partial charge in [-0.1, -0.05) is 18.2 Å². The molecule has 2 aromatic carbocycles. The molecule has 0 aliphatic heterocycles. The summed E-state index contributed by atoms with van der Waals surface area (Å²) in [5.41, 5.74) is -3.76. The Morgan fingerprint density at radius 1 is 1.02 bits per heavy atom. The lowest BCUT2D eigenvalue weighted by Crippen LogP contribution is -2.45. The number of hydrogen-bond acceptors (Lipinski definition) is 4. The first kappa shape index (κ1) is 28.2. The van der Waals surface area contributed by atoms with Gasteiger partial charge in [-0.15, -0.1) is 0 Å². The highest BCUT2D eigenvalue weighted by molar-refractivity contribution is 7.92. The summed E-state index contributed by atoms with van der Waals surface area (Å²) in [6, 6.07) is 10.3. The molecule has 2 aliphatic carbocycles. The maximum atomic E-state index is 14.9. The summed E-state index contributed by atoms with van der Waals surface area (Å²) in [5.74, 6) is -1.88. The van der Waals surface area contributed by atoms with Gasteiger partial charge in [0.2, 0.25) is 11.2 Å². The Kier molecular flexibility index (Phi) is 6.80. The van der Waals surface area contributed by atoms with E-state index in [4.69, 9.17) is 0 Å². The minimum atomic E-state index is -5.17. The highest BCUT2D eigenvalue weighted by Gasteiger charge is 2.61. The monoisotopic (exact) mass is 579 g/mol. The number of Topliss-reactive ketones (excluding diaryl/α,β-unsaturated/α-hetero) is 1. The number of halogens is 5. The molecular weight excluding hydrogens is 553 g/mol. The fourth-order valence-corrected chi connectivity index (χ4v) is 8.94. The number of alkyl halides is 4. The lowest BCUT2D eigenvalue weighted by Gasteiger charge is -2.43. The van der Waals surface area contributed by atoms with Crippen molar-refractivity contribution in [3.05, 3.63) is 99.2 Å². The van der Waals surface area contributed by atoms with Gasteiger partial charge < -0.3 is 4.98 Å². The van der Waals surface area contributed by atoms with Crippen LogP contribution in [-0.4, -0.2) is 25.4 Å². The van der Waals surface area contributed by atoms with Gasteiger partial charge >= 0.3 is 6.18 Å². The molecule has 1 N–H and O–H groups in total. The average molecular weight is 580 g/mol. The van der Waals surface area contributed by atoms with Crippen LogP contribution in [0.2, 0.25) is 0 Å². The summed E-state index contributed by atoms with van der Waals surface area (Å²) in [7, 11) is -4.25. The summed E-state index contributed by atoms with van der Waals surface area (Å²) in [5, 5.41) is 0. The van der Waals surface area contributed by atoms with Crippen LogP contribution in [0.1, 0.15) is 59.7 Å². The topological polar surface area (TPSA) is 84.1 Å². The van der Waals surface area contributed by atoms with E-state index < -0.39 is 43.7 Å². The predicted octanol–water partition coefficient (Wildman–Crippen LogP) is 6.18. The fourth-order valence-electron chi connectivity index (χ4n) is 6.44. The molecule has 1 aromatic heterocycles. The molecule has 212 valence electrons. The molecule has 4 atom stereocenters. The normalized spacial score (nSPS) is 24.1. The van der Waals surface area contributed by atoms with Crippen LogP contribution in [-0.2, 0) is 26.7 Å². The average Bonchev–Trinajstić information content (AvgIpc) is 3.28. The number of aromatic nitrogens is 1. The number of hydrogen-bond donors (Lipinski definition) is 1. The third kappa shape index (κ3) is 4.38. The van der Waals surface area contributed by atoms with Crippen molar-refractivity contribution < 1.29 is 35.2 Å². The largest absolute Gasteiger partial charge is 0.426 e. The molecule has 2 aliphatic rings. The van der Waals surface area contributed by atoms with E-state index in [1.165, 1.54) is 24.4 Å². The summed E-state index contributed by atoms with van der Waals surface area (Å²) >= 11 is 0. The molecular formula is C29H26F5NO4S. The van der Waals surface area contributed by atoms with Gasteiger partial charge in [-0.25, -0.2) is 17.2 Å². The maximum absolute atomic E-state index is 14.9. The Morgan fingerprint density at radius 2 is 1.73 bits per heavy atom.